The number of ether oxygens (including phenoxy) is 1. The maximum Gasteiger partial charge on any atom is 0.315 e. The molecule has 2 rings (SSSR count). The quantitative estimate of drug-likeness (QED) is 0.369. The Kier molecular flexibility index (Phi) is 4.78. The fraction of sp³-hybridized carbons (Fsp3) is 0.188. The number of rotatable bonds is 4. The van der Waals surface area contributed by atoms with Crippen LogP contribution in [0.25, 0.3) is 0 Å². The first-order chi connectivity index (χ1) is 10.4. The van der Waals surface area contributed by atoms with E-state index in [-0.39, 0.29) is 17.9 Å². The second kappa shape index (κ2) is 6.58. The topological polar surface area (TPSA) is 69.4 Å². The number of aryl methyl sites for hydroxylation is 1. The number of hydrogen-bond acceptors (Lipinski definition) is 4. The molecule has 2 aromatic carbocycles. The first-order valence-electron chi connectivity index (χ1n) is 6.57. The lowest BCUT2D eigenvalue weighted by Crippen LogP contribution is -2.12. The number of esters is 1. The number of benzene rings is 2. The van der Waals surface area contributed by atoms with Crippen LogP contribution in [-0.4, -0.2) is 10.9 Å². The highest BCUT2D eigenvalue weighted by Gasteiger charge is 2.12. The van der Waals surface area contributed by atoms with E-state index in [1.165, 1.54) is 24.3 Å². The molecule has 0 spiro atoms. The van der Waals surface area contributed by atoms with Gasteiger partial charge in [0, 0.05) is 17.2 Å². The van der Waals surface area contributed by atoms with E-state index in [0.717, 1.165) is 16.7 Å². The molecule has 0 N–H and O–H groups in total. The summed E-state index contributed by atoms with van der Waals surface area (Å²) >= 11 is 6.09. The number of non-ortho nitro benzene ring substituents is 1. The van der Waals surface area contributed by atoms with Crippen LogP contribution in [0.3, 0.4) is 0 Å². The van der Waals surface area contributed by atoms with Crippen LogP contribution in [0.5, 0.6) is 5.75 Å². The smallest absolute Gasteiger partial charge is 0.315 e. The van der Waals surface area contributed by atoms with Crippen molar-refractivity contribution in [2.24, 2.45) is 0 Å². The van der Waals surface area contributed by atoms with Crippen molar-refractivity contribution in [3.8, 4) is 5.75 Å². The molecule has 0 amide bonds. The van der Waals surface area contributed by atoms with E-state index in [1.807, 2.05) is 26.0 Å². The van der Waals surface area contributed by atoms with Crippen LogP contribution in [0.4, 0.5) is 5.69 Å². The van der Waals surface area contributed by atoms with Gasteiger partial charge in [0.15, 0.2) is 0 Å². The van der Waals surface area contributed by atoms with Gasteiger partial charge in [0.1, 0.15) is 5.75 Å². The van der Waals surface area contributed by atoms with E-state index in [0.29, 0.717) is 5.02 Å². The monoisotopic (exact) mass is 319 g/mol. The number of carbonyl (C=O) groups excluding carboxylic acids is 1. The SMILES string of the molecule is Cc1cc(Cl)c(C)c(CC(=O)Oc2ccc([N+](=O)[O-])cc2)c1. The van der Waals surface area contributed by atoms with Gasteiger partial charge >= 0.3 is 5.97 Å². The van der Waals surface area contributed by atoms with E-state index in [4.69, 9.17) is 16.3 Å². The Morgan fingerprint density at radius 3 is 2.45 bits per heavy atom. The third kappa shape index (κ3) is 3.83. The minimum atomic E-state index is -0.510. The van der Waals surface area contributed by atoms with E-state index in [9.17, 15) is 14.9 Å². The van der Waals surface area contributed by atoms with Crippen LogP contribution in [0, 0.1) is 24.0 Å². The van der Waals surface area contributed by atoms with Crippen molar-refractivity contribution in [1.82, 2.24) is 0 Å². The zero-order chi connectivity index (χ0) is 16.3. The van der Waals surface area contributed by atoms with Crippen molar-refractivity contribution in [3.63, 3.8) is 0 Å². The molecule has 0 radical (unpaired) electrons. The molecule has 0 unspecified atom stereocenters. The molecule has 114 valence electrons. The Balaban J connectivity index is 2.09. The lowest BCUT2D eigenvalue weighted by Gasteiger charge is -2.09. The third-order valence-corrected chi connectivity index (χ3v) is 3.60. The van der Waals surface area contributed by atoms with Crippen LogP contribution in [0.2, 0.25) is 5.02 Å². The van der Waals surface area contributed by atoms with Crippen molar-refractivity contribution < 1.29 is 14.5 Å². The molecule has 0 bridgehead atoms. The van der Waals surface area contributed by atoms with E-state index in [2.05, 4.69) is 0 Å². The molecule has 0 aliphatic heterocycles. The summed E-state index contributed by atoms with van der Waals surface area (Å²) in [6, 6.07) is 9.09. The van der Waals surface area contributed by atoms with Gasteiger partial charge in [0.2, 0.25) is 0 Å². The summed E-state index contributed by atoms with van der Waals surface area (Å²) in [5, 5.41) is 11.2. The molecule has 0 heterocycles. The van der Waals surface area contributed by atoms with Gasteiger partial charge in [-0.05, 0) is 48.7 Å². The molecule has 0 saturated heterocycles. The largest absolute Gasteiger partial charge is 0.426 e. The lowest BCUT2D eigenvalue weighted by molar-refractivity contribution is -0.384. The van der Waals surface area contributed by atoms with Gasteiger partial charge in [-0.2, -0.15) is 0 Å². The van der Waals surface area contributed by atoms with Crippen molar-refractivity contribution in [1.29, 1.82) is 0 Å². The van der Waals surface area contributed by atoms with E-state index < -0.39 is 10.9 Å². The van der Waals surface area contributed by atoms with Crippen molar-refractivity contribution in [2.45, 2.75) is 20.3 Å². The maximum atomic E-state index is 12.0. The molecule has 22 heavy (non-hydrogen) atoms. The van der Waals surface area contributed by atoms with Crippen LogP contribution in [0.15, 0.2) is 36.4 Å². The average molecular weight is 320 g/mol. The fourth-order valence-electron chi connectivity index (χ4n) is 2.03. The number of nitro groups is 1. The Bertz CT molecular complexity index is 726. The Hall–Kier alpha value is -2.40. The Morgan fingerprint density at radius 2 is 1.86 bits per heavy atom. The lowest BCUT2D eigenvalue weighted by atomic mass is 10.0. The molecule has 0 saturated carbocycles. The van der Waals surface area contributed by atoms with Gasteiger partial charge in [-0.3, -0.25) is 14.9 Å². The summed E-state index contributed by atoms with van der Waals surface area (Å²) in [5.74, 6) is -0.175. The highest BCUT2D eigenvalue weighted by Crippen LogP contribution is 2.23. The van der Waals surface area contributed by atoms with Crippen LogP contribution >= 0.6 is 11.6 Å². The van der Waals surface area contributed by atoms with Gasteiger partial charge in [0.25, 0.3) is 5.69 Å². The average Bonchev–Trinajstić information content (AvgIpc) is 2.44. The van der Waals surface area contributed by atoms with Gasteiger partial charge in [-0.25, -0.2) is 0 Å². The zero-order valence-electron chi connectivity index (χ0n) is 12.1. The number of nitro benzene ring substituents is 1. The number of nitrogens with zero attached hydrogens (tertiary/aromatic N) is 1. The zero-order valence-corrected chi connectivity index (χ0v) is 12.9. The summed E-state index contributed by atoms with van der Waals surface area (Å²) in [6.07, 6.45) is 0.0875. The molecule has 0 atom stereocenters. The number of hydrogen-bond donors (Lipinski definition) is 0. The Morgan fingerprint density at radius 1 is 1.23 bits per heavy atom. The van der Waals surface area contributed by atoms with Crippen LogP contribution < -0.4 is 4.74 Å². The second-order valence-electron chi connectivity index (χ2n) is 4.93. The van der Waals surface area contributed by atoms with Gasteiger partial charge < -0.3 is 4.74 Å². The molecule has 2 aromatic rings. The molecule has 0 aromatic heterocycles. The first-order valence-corrected chi connectivity index (χ1v) is 6.95. The van der Waals surface area contributed by atoms with Crippen molar-refractivity contribution in [2.75, 3.05) is 0 Å². The summed E-state index contributed by atoms with van der Waals surface area (Å²) in [4.78, 5) is 22.0. The predicted octanol–water partition coefficient (Wildman–Crippen LogP) is 4.01. The van der Waals surface area contributed by atoms with E-state index >= 15 is 0 Å². The standard InChI is InChI=1S/C16H14ClNO4/c1-10-7-12(11(2)15(17)8-10)9-16(19)22-14-5-3-13(4-6-14)18(20)21/h3-8H,9H2,1-2H3. The van der Waals surface area contributed by atoms with Gasteiger partial charge in [0.05, 0.1) is 11.3 Å². The van der Waals surface area contributed by atoms with E-state index in [1.54, 1.807) is 0 Å². The Labute approximate surface area is 132 Å². The highest BCUT2D eigenvalue weighted by atomic mass is 35.5. The third-order valence-electron chi connectivity index (χ3n) is 3.21. The van der Waals surface area contributed by atoms with Crippen LogP contribution in [0.1, 0.15) is 16.7 Å². The van der Waals surface area contributed by atoms with Crippen molar-refractivity contribution in [3.05, 3.63) is 68.2 Å². The molecule has 6 heteroatoms. The number of carbonyl (C=O) groups is 1. The summed E-state index contributed by atoms with van der Waals surface area (Å²) in [6.45, 7) is 3.74. The van der Waals surface area contributed by atoms with Crippen LogP contribution in [-0.2, 0) is 11.2 Å². The summed E-state index contributed by atoms with van der Waals surface area (Å²) < 4.78 is 5.18. The molecular formula is C16H14ClNO4. The predicted molar refractivity (Wildman–Crippen MR) is 83.4 cm³/mol. The second-order valence-corrected chi connectivity index (χ2v) is 5.34. The van der Waals surface area contributed by atoms with Gasteiger partial charge in [-0.1, -0.05) is 17.7 Å². The normalized spacial score (nSPS) is 10.3. The molecule has 0 fully saturated rings. The highest BCUT2D eigenvalue weighted by molar-refractivity contribution is 6.31. The maximum absolute atomic E-state index is 12.0. The first kappa shape index (κ1) is 16.0. The summed E-state index contributed by atoms with van der Waals surface area (Å²) in [5.41, 5.74) is 2.56. The van der Waals surface area contributed by atoms with Gasteiger partial charge in [-0.15, -0.1) is 0 Å². The molecule has 0 aliphatic carbocycles. The molecule has 0 aliphatic rings. The summed E-state index contributed by atoms with van der Waals surface area (Å²) in [7, 11) is 0. The van der Waals surface area contributed by atoms with Crippen molar-refractivity contribution >= 4 is 23.3 Å². The molecule has 5 nitrogen and oxygen atoms in total. The molecular weight excluding hydrogens is 306 g/mol. The minimum absolute atomic E-state index is 0.0545. The minimum Gasteiger partial charge on any atom is -0.426 e. The fourth-order valence-corrected chi connectivity index (χ4v) is 2.32. The number of halogens is 1.